The van der Waals surface area contributed by atoms with Gasteiger partial charge in [0.05, 0.1) is 6.61 Å². The highest BCUT2D eigenvalue weighted by molar-refractivity contribution is 9.10. The van der Waals surface area contributed by atoms with E-state index in [4.69, 9.17) is 0 Å². The minimum Gasteiger partial charge on any atom is -0.270 e. The van der Waals surface area contributed by atoms with Crippen molar-refractivity contribution in [1.82, 2.24) is 0 Å². The molecule has 3 nitrogen and oxygen atoms in total. The van der Waals surface area contributed by atoms with Crippen molar-refractivity contribution in [3.63, 3.8) is 0 Å². The molecule has 50 valence electrons. The van der Waals surface area contributed by atoms with Crippen LogP contribution < -0.4 is 0 Å². The van der Waals surface area contributed by atoms with E-state index < -0.39 is 10.1 Å². The van der Waals surface area contributed by atoms with Gasteiger partial charge in [-0.15, -0.1) is 0 Å². The molecule has 0 aliphatic rings. The maximum atomic E-state index is 10.3. The second kappa shape index (κ2) is 3.42. The quantitative estimate of drug-likeness (QED) is 0.501. The maximum Gasteiger partial charge on any atom is 0.277 e. The van der Waals surface area contributed by atoms with Crippen molar-refractivity contribution in [3.8, 4) is 0 Å². The topological polar surface area (TPSA) is 43.4 Å². The number of rotatable bonds is 3. The molecule has 0 aromatic rings. The molecule has 8 heavy (non-hydrogen) atoms. The van der Waals surface area contributed by atoms with Gasteiger partial charge in [-0.25, -0.2) is 0 Å². The summed E-state index contributed by atoms with van der Waals surface area (Å²) < 4.78 is 24.8. The minimum atomic E-state index is -3.25. The predicted molar refractivity (Wildman–Crippen MR) is 34.3 cm³/mol. The van der Waals surface area contributed by atoms with E-state index in [1.165, 1.54) is 0 Å². The van der Waals surface area contributed by atoms with E-state index in [0.717, 1.165) is 0 Å². The van der Waals surface area contributed by atoms with Crippen LogP contribution in [0.4, 0.5) is 0 Å². The zero-order valence-electron chi connectivity index (χ0n) is 4.43. The van der Waals surface area contributed by atoms with E-state index in [1.807, 2.05) is 0 Å². The first kappa shape index (κ1) is 8.39. The summed E-state index contributed by atoms with van der Waals surface area (Å²) in [5.41, 5.74) is 0. The van der Waals surface area contributed by atoms with Crippen LogP contribution >= 0.6 is 15.9 Å². The summed E-state index contributed by atoms with van der Waals surface area (Å²) in [6.07, 6.45) is 0. The van der Waals surface area contributed by atoms with Gasteiger partial charge in [0.1, 0.15) is 4.66 Å². The number of alkyl halides is 1. The average Bonchev–Trinajstić information content (AvgIpc) is 1.67. The molecular formula is C3H7BrO3S. The number of hydrogen-bond donors (Lipinski definition) is 0. The lowest BCUT2D eigenvalue weighted by atomic mass is 10.9. The van der Waals surface area contributed by atoms with Crippen LogP contribution in [0.15, 0.2) is 0 Å². The van der Waals surface area contributed by atoms with Crippen LogP contribution in [-0.2, 0) is 14.3 Å². The van der Waals surface area contributed by atoms with Crippen LogP contribution in [0.25, 0.3) is 0 Å². The molecule has 5 heteroatoms. The minimum absolute atomic E-state index is 0.131. The third-order valence-electron chi connectivity index (χ3n) is 0.431. The molecule has 0 aliphatic carbocycles. The average molecular weight is 203 g/mol. The van der Waals surface area contributed by atoms with Crippen molar-refractivity contribution in [1.29, 1.82) is 0 Å². The molecule has 0 saturated heterocycles. The lowest BCUT2D eigenvalue weighted by Gasteiger charge is -1.94. The fourth-order valence-electron chi connectivity index (χ4n) is 0.211. The van der Waals surface area contributed by atoms with Crippen molar-refractivity contribution >= 4 is 26.0 Å². The molecule has 0 radical (unpaired) electrons. The summed E-state index contributed by atoms with van der Waals surface area (Å²) in [7, 11) is -3.25. The second-order valence-corrected chi connectivity index (χ2v) is 4.02. The van der Waals surface area contributed by atoms with Crippen molar-refractivity contribution in [2.24, 2.45) is 0 Å². The smallest absolute Gasteiger partial charge is 0.270 e. The Kier molecular flexibility index (Phi) is 3.59. The Morgan fingerprint density at radius 1 is 1.62 bits per heavy atom. The monoisotopic (exact) mass is 202 g/mol. The zero-order chi connectivity index (χ0) is 6.62. The van der Waals surface area contributed by atoms with E-state index >= 15 is 0 Å². The molecule has 0 fully saturated rings. The first-order valence-electron chi connectivity index (χ1n) is 2.05. The maximum absolute atomic E-state index is 10.3. The largest absolute Gasteiger partial charge is 0.277 e. The molecule has 0 aliphatic heterocycles. The third kappa shape index (κ3) is 3.40. The summed E-state index contributed by atoms with van der Waals surface area (Å²) >= 11 is 2.76. The first-order chi connectivity index (χ1) is 3.62. The van der Waals surface area contributed by atoms with Crippen LogP contribution in [0, 0.1) is 0 Å². The van der Waals surface area contributed by atoms with Crippen molar-refractivity contribution in [3.05, 3.63) is 0 Å². The lowest BCUT2D eigenvalue weighted by Crippen LogP contribution is -2.05. The molecule has 0 saturated carbocycles. The molecule has 0 aromatic heterocycles. The second-order valence-electron chi connectivity index (χ2n) is 1.07. The molecule has 0 atom stereocenters. The SMILES string of the molecule is CCOS(=O)(=O)CBr. The Hall–Kier alpha value is 0.390. The van der Waals surface area contributed by atoms with Crippen molar-refractivity contribution < 1.29 is 12.6 Å². The number of hydrogen-bond acceptors (Lipinski definition) is 3. The van der Waals surface area contributed by atoms with E-state index in [2.05, 4.69) is 20.1 Å². The number of halogens is 1. The van der Waals surface area contributed by atoms with Crippen molar-refractivity contribution in [2.45, 2.75) is 6.92 Å². The normalized spacial score (nSPS) is 11.8. The van der Waals surface area contributed by atoms with E-state index in [9.17, 15) is 8.42 Å². The van der Waals surface area contributed by atoms with Gasteiger partial charge in [-0.2, -0.15) is 8.42 Å². The summed E-state index contributed by atoms with van der Waals surface area (Å²) in [5.74, 6) is 0. The standard InChI is InChI=1S/C3H7BrO3S/c1-2-7-8(5,6)3-4/h2-3H2,1H3. The third-order valence-corrected chi connectivity index (χ3v) is 2.98. The van der Waals surface area contributed by atoms with Gasteiger partial charge in [0.15, 0.2) is 0 Å². The van der Waals surface area contributed by atoms with Gasteiger partial charge >= 0.3 is 0 Å². The van der Waals surface area contributed by atoms with Gasteiger partial charge in [0.25, 0.3) is 10.1 Å². The fraction of sp³-hybridized carbons (Fsp3) is 1.00. The Morgan fingerprint density at radius 2 is 2.12 bits per heavy atom. The van der Waals surface area contributed by atoms with Crippen LogP contribution in [0.2, 0.25) is 0 Å². The molecule has 0 bridgehead atoms. The first-order valence-corrected chi connectivity index (χ1v) is 4.75. The lowest BCUT2D eigenvalue weighted by molar-refractivity contribution is 0.341. The Bertz CT molecular complexity index is 139. The summed E-state index contributed by atoms with van der Waals surface area (Å²) in [5, 5.41) is 0. The van der Waals surface area contributed by atoms with E-state index in [-0.39, 0.29) is 11.3 Å². The molecule has 0 amide bonds. The molecular weight excluding hydrogens is 196 g/mol. The fourth-order valence-corrected chi connectivity index (χ4v) is 1.03. The van der Waals surface area contributed by atoms with Gasteiger partial charge < -0.3 is 0 Å². The summed E-state index contributed by atoms with van der Waals surface area (Å²) in [6, 6.07) is 0. The van der Waals surface area contributed by atoms with Crippen LogP contribution in [-0.4, -0.2) is 19.7 Å². The molecule has 0 spiro atoms. The van der Waals surface area contributed by atoms with Crippen LogP contribution in [0.3, 0.4) is 0 Å². The Balaban J connectivity index is 3.76. The van der Waals surface area contributed by atoms with Crippen molar-refractivity contribution in [2.75, 3.05) is 11.3 Å². The molecule has 0 unspecified atom stereocenters. The molecule has 0 rings (SSSR count). The van der Waals surface area contributed by atoms with Gasteiger partial charge in [-0.3, -0.25) is 4.18 Å². The van der Waals surface area contributed by atoms with Gasteiger partial charge in [-0.1, -0.05) is 15.9 Å². The van der Waals surface area contributed by atoms with Crippen LogP contribution in [0.1, 0.15) is 6.92 Å². The molecule has 0 heterocycles. The summed E-state index contributed by atoms with van der Waals surface area (Å²) in [6.45, 7) is 1.83. The van der Waals surface area contributed by atoms with Gasteiger partial charge in [0.2, 0.25) is 0 Å². The van der Waals surface area contributed by atoms with E-state index in [1.54, 1.807) is 6.92 Å². The molecule has 0 N–H and O–H groups in total. The zero-order valence-corrected chi connectivity index (χ0v) is 6.83. The van der Waals surface area contributed by atoms with Crippen LogP contribution in [0.5, 0.6) is 0 Å². The highest BCUT2D eigenvalue weighted by atomic mass is 79.9. The summed E-state index contributed by atoms with van der Waals surface area (Å²) in [4.78, 5) is 0. The Labute approximate surface area is 57.3 Å². The highest BCUT2D eigenvalue weighted by Gasteiger charge is 2.04. The van der Waals surface area contributed by atoms with Gasteiger partial charge in [-0.05, 0) is 6.92 Å². The highest BCUT2D eigenvalue weighted by Crippen LogP contribution is 1.96. The Morgan fingerprint density at radius 3 is 2.25 bits per heavy atom. The molecule has 0 aromatic carbocycles. The predicted octanol–water partition coefficient (Wildman–Crippen LogP) is 0.705. The van der Waals surface area contributed by atoms with E-state index in [0.29, 0.717) is 0 Å². The van der Waals surface area contributed by atoms with Gasteiger partial charge in [0, 0.05) is 0 Å².